The van der Waals surface area contributed by atoms with E-state index >= 15 is 0 Å². The Morgan fingerprint density at radius 1 is 1.10 bits per heavy atom. The van der Waals surface area contributed by atoms with Crippen molar-refractivity contribution >= 4 is 5.35 Å². The van der Waals surface area contributed by atoms with Crippen molar-refractivity contribution in [3.05, 3.63) is 0 Å². The molecule has 118 valence electrons. The van der Waals surface area contributed by atoms with Gasteiger partial charge in [-0.2, -0.15) is 0 Å². The molecule has 0 aliphatic carbocycles. The van der Waals surface area contributed by atoms with Gasteiger partial charge in [0.05, 0.1) is 0 Å². The molecule has 1 aliphatic heterocycles. The molecule has 0 N–H and O–H groups in total. The Morgan fingerprint density at radius 3 is 1.85 bits per heavy atom. The van der Waals surface area contributed by atoms with E-state index in [4.69, 9.17) is 9.05 Å². The normalized spacial score (nSPS) is 21.1. The van der Waals surface area contributed by atoms with Gasteiger partial charge in [0.25, 0.3) is 0 Å². The molecule has 0 saturated carbocycles. The summed E-state index contributed by atoms with van der Waals surface area (Å²) in [6, 6.07) is 0.358. The van der Waals surface area contributed by atoms with Crippen molar-refractivity contribution < 1.29 is 27.9 Å². The van der Waals surface area contributed by atoms with Crippen molar-refractivity contribution in [3.8, 4) is 0 Å². The maximum absolute atomic E-state index is 6.36. The van der Waals surface area contributed by atoms with Crippen molar-refractivity contribution in [2.45, 2.75) is 78.4 Å². The predicted octanol–water partition coefficient (Wildman–Crippen LogP) is 4.34. The van der Waals surface area contributed by atoms with E-state index in [1.165, 1.54) is 18.8 Å². The maximum atomic E-state index is 6.36. The van der Waals surface area contributed by atoms with Crippen LogP contribution in [0, 0.1) is 0 Å². The van der Waals surface area contributed by atoms with Crippen LogP contribution in [0.25, 0.3) is 0 Å². The third kappa shape index (κ3) is 5.67. The van der Waals surface area contributed by atoms with Gasteiger partial charge in [0.2, 0.25) is 0 Å². The summed E-state index contributed by atoms with van der Waals surface area (Å²) >= 11 is 1.34. The van der Waals surface area contributed by atoms with Gasteiger partial charge in [-0.3, -0.25) is 0 Å². The van der Waals surface area contributed by atoms with E-state index in [1.807, 2.05) is 5.01 Å². The summed E-state index contributed by atoms with van der Waals surface area (Å²) in [6.07, 6.45) is 0. The molecule has 1 aliphatic rings. The van der Waals surface area contributed by atoms with E-state index in [1.54, 1.807) is 0 Å². The molecule has 0 fully saturated rings. The molecule has 0 saturated heterocycles. The summed E-state index contributed by atoms with van der Waals surface area (Å²) in [5.74, 6) is 0.0262. The molecule has 0 radical (unpaired) electrons. The molecule has 0 aromatic heterocycles. The zero-order chi connectivity index (χ0) is 15.8. The molecule has 0 aromatic rings. The molecule has 5 nitrogen and oxygen atoms in total. The third-order valence-electron chi connectivity index (χ3n) is 2.41. The van der Waals surface area contributed by atoms with Gasteiger partial charge in [0.15, 0.2) is 0 Å². The quantitative estimate of drug-likeness (QED) is 0.571. The topological polar surface area (TPSA) is 46.4 Å². The van der Waals surface area contributed by atoms with Crippen LogP contribution < -0.4 is 0 Å². The molecular weight excluding hydrogens is 445 g/mol. The first-order chi connectivity index (χ1) is 8.82. The van der Waals surface area contributed by atoms with Gasteiger partial charge in [0, 0.05) is 0 Å². The monoisotopic (exact) mass is 473 g/mol. The first-order valence-corrected chi connectivity index (χ1v) is 12.6. The molecule has 1 unspecified atom stereocenters. The SMILES string of the molecule is CC(C)N1CC([P](=[W])(OC(C)(C)C)OC(C)(C)C)N=N1. The molecule has 0 spiro atoms. The number of nitrogens with zero attached hydrogens (tertiary/aromatic N) is 3. The zero-order valence-corrected chi connectivity index (χ0v) is 17.7. The summed E-state index contributed by atoms with van der Waals surface area (Å²) in [4.78, 5) is 0. The Morgan fingerprint density at radius 2 is 1.55 bits per heavy atom. The average Bonchev–Trinajstić information content (AvgIpc) is 2.59. The number of hydrogen-bond acceptors (Lipinski definition) is 5. The Bertz CT molecular complexity index is 393. The third-order valence-corrected chi connectivity index (χ3v) is 9.24. The Hall–Kier alpha value is 0.438. The van der Waals surface area contributed by atoms with Gasteiger partial charge in [-0.05, 0) is 0 Å². The minimum atomic E-state index is -2.06. The predicted molar refractivity (Wildman–Crippen MR) is 79.1 cm³/mol. The molecule has 20 heavy (non-hydrogen) atoms. The van der Waals surface area contributed by atoms with Gasteiger partial charge >= 0.3 is 134 Å². The van der Waals surface area contributed by atoms with Gasteiger partial charge in [-0.25, -0.2) is 0 Å². The average molecular weight is 473 g/mol. The Kier molecular flexibility index (Phi) is 5.81. The second-order valence-electron chi connectivity index (χ2n) is 7.35. The first-order valence-electron chi connectivity index (χ1n) is 7.01. The van der Waals surface area contributed by atoms with Crippen LogP contribution in [-0.4, -0.2) is 34.6 Å². The summed E-state index contributed by atoms with van der Waals surface area (Å²) in [5, 5.41) is 8.69. The fourth-order valence-electron chi connectivity index (χ4n) is 1.75. The van der Waals surface area contributed by atoms with Crippen molar-refractivity contribution in [2.24, 2.45) is 10.3 Å². The molecule has 1 heterocycles. The van der Waals surface area contributed by atoms with Crippen LogP contribution in [0.2, 0.25) is 0 Å². The molecule has 1 rings (SSSR count). The van der Waals surface area contributed by atoms with Gasteiger partial charge < -0.3 is 0 Å². The van der Waals surface area contributed by atoms with Gasteiger partial charge in [-0.1, -0.05) is 0 Å². The van der Waals surface area contributed by atoms with Crippen LogP contribution >= 0.6 is 5.35 Å². The second-order valence-corrected chi connectivity index (χ2v) is 14.9. The second kappa shape index (κ2) is 6.28. The van der Waals surface area contributed by atoms with E-state index in [0.717, 1.165) is 6.54 Å². The standard InChI is InChI=1S/C13H28N3O2P.W/c1-10(2)16-9-11(14-15-16)19(17-12(3,4)5)18-13(6,7)8;/h10-11H,9H2,1-8H3;. The first kappa shape index (κ1) is 18.5. The van der Waals surface area contributed by atoms with Gasteiger partial charge in [0.1, 0.15) is 0 Å². The fraction of sp³-hybridized carbons (Fsp3) is 1.00. The number of rotatable bonds is 4. The molecule has 7 heteroatoms. The van der Waals surface area contributed by atoms with E-state index in [0.29, 0.717) is 6.04 Å². The zero-order valence-electron chi connectivity index (χ0n) is 13.9. The van der Waals surface area contributed by atoms with Crippen LogP contribution in [0.5, 0.6) is 0 Å². The molecule has 0 amide bonds. The molecule has 0 aromatic carbocycles. The molecule has 0 bridgehead atoms. The van der Waals surface area contributed by atoms with Crippen LogP contribution in [0.3, 0.4) is 0 Å². The minimum absolute atomic E-state index is 0.0262. The van der Waals surface area contributed by atoms with Crippen LogP contribution in [0.4, 0.5) is 0 Å². The summed E-state index contributed by atoms with van der Waals surface area (Å²) in [5.41, 5.74) is -0.469. The van der Waals surface area contributed by atoms with Crippen LogP contribution in [-0.2, 0) is 27.9 Å². The van der Waals surface area contributed by atoms with Crippen LogP contribution in [0.15, 0.2) is 10.3 Å². The Labute approximate surface area is 133 Å². The van der Waals surface area contributed by atoms with E-state index in [2.05, 4.69) is 65.7 Å². The van der Waals surface area contributed by atoms with Crippen molar-refractivity contribution in [1.82, 2.24) is 5.01 Å². The molecule has 1 atom stereocenters. The van der Waals surface area contributed by atoms with Gasteiger partial charge in [-0.15, -0.1) is 0 Å². The summed E-state index contributed by atoms with van der Waals surface area (Å²) in [6.45, 7) is 17.5. The van der Waals surface area contributed by atoms with E-state index in [9.17, 15) is 0 Å². The number of hydrogen-bond donors (Lipinski definition) is 0. The van der Waals surface area contributed by atoms with E-state index < -0.39 is 5.35 Å². The van der Waals surface area contributed by atoms with Crippen molar-refractivity contribution in [1.29, 1.82) is 0 Å². The molecular formula is C13H28N3O2PW. The van der Waals surface area contributed by atoms with Crippen molar-refractivity contribution in [3.63, 3.8) is 0 Å². The van der Waals surface area contributed by atoms with Crippen molar-refractivity contribution in [2.75, 3.05) is 6.54 Å². The summed E-state index contributed by atoms with van der Waals surface area (Å²) in [7, 11) is 0. The summed E-state index contributed by atoms with van der Waals surface area (Å²) < 4.78 is 12.7. The Balaban J connectivity index is 2.96. The van der Waals surface area contributed by atoms with Crippen LogP contribution in [0.1, 0.15) is 55.4 Å². The van der Waals surface area contributed by atoms with E-state index in [-0.39, 0.29) is 17.0 Å². The fourth-order valence-corrected chi connectivity index (χ4v) is 10.1.